The first-order chi connectivity index (χ1) is 15.5. The van der Waals surface area contributed by atoms with Crippen LogP contribution in [0.15, 0.2) is 71.2 Å². The molecule has 32 heavy (non-hydrogen) atoms. The zero-order valence-electron chi connectivity index (χ0n) is 18.7. The maximum Gasteiger partial charge on any atom is 0.278 e. The van der Waals surface area contributed by atoms with Gasteiger partial charge in [-0.15, -0.1) is 0 Å². The highest BCUT2D eigenvalue weighted by Crippen LogP contribution is 2.33. The van der Waals surface area contributed by atoms with Crippen LogP contribution in [0.3, 0.4) is 0 Å². The summed E-state index contributed by atoms with van der Waals surface area (Å²) in [5.41, 5.74) is 5.05. The van der Waals surface area contributed by atoms with Crippen LogP contribution >= 0.6 is 0 Å². The average molecular weight is 430 g/mol. The molecule has 0 unspecified atom stereocenters. The van der Waals surface area contributed by atoms with E-state index in [-0.39, 0.29) is 18.4 Å². The zero-order chi connectivity index (χ0) is 22.7. The van der Waals surface area contributed by atoms with Crippen LogP contribution in [0.4, 0.5) is 0 Å². The fraction of sp³-hybridized carbons (Fsp3) is 0.269. The van der Waals surface area contributed by atoms with Crippen molar-refractivity contribution in [2.45, 2.75) is 33.7 Å². The van der Waals surface area contributed by atoms with Gasteiger partial charge in [0.2, 0.25) is 0 Å². The standard InChI is InChI=1S/C26H27N3O3/c1-4-28(14-11-20-9-12-27-13-10-20)24-23(21-8-7-18(2)19(3)16-21)25(30)29(26(24)31)17-22-6-5-15-32-22/h5-10,12-13,15-16H,4,11,14,17H2,1-3H3. The molecule has 0 fully saturated rings. The number of carbonyl (C=O) groups is 2. The second-order valence-electron chi connectivity index (χ2n) is 7.98. The third-order valence-corrected chi connectivity index (χ3v) is 5.95. The third-order valence-electron chi connectivity index (χ3n) is 5.95. The van der Waals surface area contributed by atoms with Crippen LogP contribution in [-0.2, 0) is 22.6 Å². The number of amides is 2. The van der Waals surface area contributed by atoms with Gasteiger partial charge in [0.25, 0.3) is 11.8 Å². The molecule has 6 heteroatoms. The SMILES string of the molecule is CCN(CCc1ccncc1)C1=C(c2ccc(C)c(C)c2)C(=O)N(Cc2ccco2)C1=O. The highest BCUT2D eigenvalue weighted by molar-refractivity contribution is 6.35. The Morgan fingerprint density at radius 1 is 1.00 bits per heavy atom. The van der Waals surface area contributed by atoms with Crippen molar-refractivity contribution >= 4 is 17.4 Å². The molecule has 2 aromatic heterocycles. The van der Waals surface area contributed by atoms with Gasteiger partial charge in [0, 0.05) is 25.5 Å². The fourth-order valence-corrected chi connectivity index (χ4v) is 3.96. The van der Waals surface area contributed by atoms with Gasteiger partial charge in [0.15, 0.2) is 0 Å². The minimum atomic E-state index is -0.285. The Balaban J connectivity index is 1.72. The fourth-order valence-electron chi connectivity index (χ4n) is 3.96. The van der Waals surface area contributed by atoms with Crippen LogP contribution in [0.1, 0.15) is 34.9 Å². The molecule has 0 bridgehead atoms. The van der Waals surface area contributed by atoms with Crippen molar-refractivity contribution in [2.75, 3.05) is 13.1 Å². The van der Waals surface area contributed by atoms with E-state index in [2.05, 4.69) is 4.98 Å². The molecule has 0 spiro atoms. The molecular weight excluding hydrogens is 402 g/mol. The van der Waals surface area contributed by atoms with Crippen LogP contribution in [0.5, 0.6) is 0 Å². The molecule has 0 N–H and O–H groups in total. The second-order valence-corrected chi connectivity index (χ2v) is 7.98. The Bertz CT molecular complexity index is 1150. The number of rotatable bonds is 8. The van der Waals surface area contributed by atoms with E-state index in [0.29, 0.717) is 30.1 Å². The number of imide groups is 1. The van der Waals surface area contributed by atoms with E-state index in [4.69, 9.17) is 4.42 Å². The van der Waals surface area contributed by atoms with Gasteiger partial charge in [0.05, 0.1) is 18.4 Å². The van der Waals surface area contributed by atoms with E-state index in [0.717, 1.165) is 28.7 Å². The van der Waals surface area contributed by atoms with Crippen LogP contribution in [0.2, 0.25) is 0 Å². The summed E-state index contributed by atoms with van der Waals surface area (Å²) < 4.78 is 5.41. The smallest absolute Gasteiger partial charge is 0.278 e. The molecular formula is C26H27N3O3. The summed E-state index contributed by atoms with van der Waals surface area (Å²) in [7, 11) is 0. The lowest BCUT2D eigenvalue weighted by atomic mass is 9.99. The van der Waals surface area contributed by atoms with Gasteiger partial charge in [-0.1, -0.05) is 18.2 Å². The Hall–Kier alpha value is -3.67. The van der Waals surface area contributed by atoms with Crippen molar-refractivity contribution in [1.29, 1.82) is 0 Å². The predicted octanol–water partition coefficient (Wildman–Crippen LogP) is 4.14. The number of nitrogens with zero attached hydrogens (tertiary/aromatic N) is 3. The van der Waals surface area contributed by atoms with Crippen molar-refractivity contribution < 1.29 is 14.0 Å². The van der Waals surface area contributed by atoms with Crippen molar-refractivity contribution in [3.63, 3.8) is 0 Å². The maximum atomic E-state index is 13.5. The quantitative estimate of drug-likeness (QED) is 0.504. The summed E-state index contributed by atoms with van der Waals surface area (Å²) in [5.74, 6) is 0.00967. The monoisotopic (exact) mass is 429 g/mol. The molecule has 3 heterocycles. The molecule has 2 amide bonds. The van der Waals surface area contributed by atoms with E-state index < -0.39 is 0 Å². The minimum absolute atomic E-state index is 0.115. The van der Waals surface area contributed by atoms with Crippen molar-refractivity contribution in [3.8, 4) is 0 Å². The first kappa shape index (κ1) is 21.6. The molecule has 164 valence electrons. The lowest BCUT2D eigenvalue weighted by Crippen LogP contribution is -2.35. The van der Waals surface area contributed by atoms with Crippen LogP contribution < -0.4 is 0 Å². The number of aromatic nitrogens is 1. The van der Waals surface area contributed by atoms with Gasteiger partial charge >= 0.3 is 0 Å². The molecule has 0 aliphatic carbocycles. The Morgan fingerprint density at radius 2 is 1.78 bits per heavy atom. The summed E-state index contributed by atoms with van der Waals surface area (Å²) in [5, 5.41) is 0. The van der Waals surface area contributed by atoms with Crippen molar-refractivity contribution in [1.82, 2.24) is 14.8 Å². The highest BCUT2D eigenvalue weighted by atomic mass is 16.3. The largest absolute Gasteiger partial charge is 0.467 e. The number of hydrogen-bond donors (Lipinski definition) is 0. The Labute approximate surface area is 188 Å². The minimum Gasteiger partial charge on any atom is -0.467 e. The van der Waals surface area contributed by atoms with E-state index in [9.17, 15) is 9.59 Å². The van der Waals surface area contributed by atoms with Crippen molar-refractivity contribution in [3.05, 3.63) is 94.8 Å². The van der Waals surface area contributed by atoms with Gasteiger partial charge in [-0.05, 0) is 73.7 Å². The molecule has 0 saturated heterocycles. The van der Waals surface area contributed by atoms with Crippen LogP contribution in [0.25, 0.3) is 5.57 Å². The summed E-state index contributed by atoms with van der Waals surface area (Å²) >= 11 is 0. The number of pyridine rings is 1. The summed E-state index contributed by atoms with van der Waals surface area (Å²) in [6.45, 7) is 7.41. The topological polar surface area (TPSA) is 66.7 Å². The molecule has 1 aromatic carbocycles. The van der Waals surface area contributed by atoms with Crippen LogP contribution in [-0.4, -0.2) is 39.7 Å². The number of likely N-dealkylation sites (N-methyl/N-ethyl adjacent to an activating group) is 1. The number of carbonyl (C=O) groups excluding carboxylic acids is 2. The number of benzene rings is 1. The lowest BCUT2D eigenvalue weighted by Gasteiger charge is -2.24. The molecule has 1 aliphatic rings. The second kappa shape index (κ2) is 9.22. The molecule has 3 aromatic rings. The average Bonchev–Trinajstić information content (AvgIpc) is 3.40. The molecule has 0 radical (unpaired) electrons. The van der Waals surface area contributed by atoms with Gasteiger partial charge in [-0.25, -0.2) is 0 Å². The molecule has 6 nitrogen and oxygen atoms in total. The van der Waals surface area contributed by atoms with Gasteiger partial charge in [0.1, 0.15) is 11.5 Å². The van der Waals surface area contributed by atoms with E-state index in [1.54, 1.807) is 30.8 Å². The Morgan fingerprint density at radius 3 is 2.44 bits per heavy atom. The number of hydrogen-bond acceptors (Lipinski definition) is 5. The van der Waals surface area contributed by atoms with Crippen molar-refractivity contribution in [2.24, 2.45) is 0 Å². The third kappa shape index (κ3) is 4.21. The zero-order valence-corrected chi connectivity index (χ0v) is 18.7. The number of aryl methyl sites for hydroxylation is 2. The number of furan rings is 1. The Kier molecular flexibility index (Phi) is 6.21. The first-order valence-corrected chi connectivity index (χ1v) is 10.8. The summed E-state index contributed by atoms with van der Waals surface area (Å²) in [6.07, 6.45) is 5.83. The highest BCUT2D eigenvalue weighted by Gasteiger charge is 2.41. The predicted molar refractivity (Wildman–Crippen MR) is 122 cm³/mol. The van der Waals surface area contributed by atoms with Gasteiger partial charge in [-0.2, -0.15) is 0 Å². The molecule has 1 aliphatic heterocycles. The van der Waals surface area contributed by atoms with E-state index in [1.165, 1.54) is 4.90 Å². The molecule has 0 atom stereocenters. The molecule has 4 rings (SSSR count). The normalized spacial score (nSPS) is 13.9. The summed E-state index contributed by atoms with van der Waals surface area (Å²) in [4.78, 5) is 34.4. The molecule has 0 saturated carbocycles. The summed E-state index contributed by atoms with van der Waals surface area (Å²) in [6, 6.07) is 13.4. The first-order valence-electron chi connectivity index (χ1n) is 10.8. The maximum absolute atomic E-state index is 13.5. The van der Waals surface area contributed by atoms with E-state index >= 15 is 0 Å². The lowest BCUT2D eigenvalue weighted by molar-refractivity contribution is -0.138. The van der Waals surface area contributed by atoms with Gasteiger partial charge in [-0.3, -0.25) is 19.5 Å². The van der Waals surface area contributed by atoms with Gasteiger partial charge < -0.3 is 9.32 Å². The van der Waals surface area contributed by atoms with Crippen LogP contribution in [0, 0.1) is 13.8 Å². The van der Waals surface area contributed by atoms with E-state index in [1.807, 2.05) is 56.0 Å².